The third-order valence-electron chi connectivity index (χ3n) is 5.93. The summed E-state index contributed by atoms with van der Waals surface area (Å²) < 4.78 is 65.3. The largest absolute Gasteiger partial charge is 0.490 e. The molecule has 1 aromatic carbocycles. The summed E-state index contributed by atoms with van der Waals surface area (Å²) in [6.07, 6.45) is -4.20. The quantitative estimate of drug-likeness (QED) is 0.303. The van der Waals surface area contributed by atoms with Gasteiger partial charge in [0.2, 0.25) is 0 Å². The van der Waals surface area contributed by atoms with Gasteiger partial charge in [0.15, 0.2) is 0 Å². The van der Waals surface area contributed by atoms with Crippen molar-refractivity contribution in [2.45, 2.75) is 44.2 Å². The SMILES string of the molecule is CN(Cc1cnn(C)c1)Cc1ccccc1-c1nc(C2CCNCC2)cc(=O)[nH]1.O=C(O)C(F)(F)F.O=C(O)C(F)(F)F. The van der Waals surface area contributed by atoms with Gasteiger partial charge in [0, 0.05) is 49.4 Å². The summed E-state index contributed by atoms with van der Waals surface area (Å²) in [4.78, 5) is 40.2. The number of benzene rings is 1. The number of H-pyrrole nitrogens is 1. The van der Waals surface area contributed by atoms with Gasteiger partial charge in [-0.1, -0.05) is 24.3 Å². The van der Waals surface area contributed by atoms with Crippen molar-refractivity contribution >= 4 is 11.9 Å². The molecule has 236 valence electrons. The molecule has 0 radical (unpaired) electrons. The van der Waals surface area contributed by atoms with Gasteiger partial charge in [-0.2, -0.15) is 31.4 Å². The number of nitrogens with one attached hydrogen (secondary N) is 2. The van der Waals surface area contributed by atoms with Gasteiger partial charge in [-0.05, 0) is 38.5 Å². The van der Waals surface area contributed by atoms with Gasteiger partial charge in [-0.25, -0.2) is 14.6 Å². The fourth-order valence-electron chi connectivity index (χ4n) is 4.03. The van der Waals surface area contributed by atoms with Gasteiger partial charge < -0.3 is 20.5 Å². The third-order valence-corrected chi connectivity index (χ3v) is 5.93. The van der Waals surface area contributed by atoms with Crippen molar-refractivity contribution in [2.75, 3.05) is 20.1 Å². The van der Waals surface area contributed by atoms with E-state index in [1.54, 1.807) is 6.07 Å². The fraction of sp³-hybridized carbons (Fsp3) is 0.423. The molecule has 0 spiro atoms. The van der Waals surface area contributed by atoms with Crippen LogP contribution in [0, 0.1) is 0 Å². The van der Waals surface area contributed by atoms with Crippen LogP contribution in [0.15, 0.2) is 47.5 Å². The number of carboxylic acid groups (broad SMARTS) is 2. The Morgan fingerprint density at radius 1 is 1.02 bits per heavy atom. The standard InChI is InChI=1S/C22H28N6O.2C2HF3O2/c1-27(13-16-12-24-28(2)14-16)15-18-5-3-4-6-19(18)22-25-20(11-21(29)26-22)17-7-9-23-10-8-17;2*3-2(4,5)1(6)7/h3-6,11-12,14,17,23H,7-10,13,15H2,1-2H3,(H,25,26,29);2*(H,6,7). The van der Waals surface area contributed by atoms with E-state index in [1.165, 1.54) is 5.56 Å². The highest BCUT2D eigenvalue weighted by atomic mass is 19.4. The molecule has 0 unspecified atom stereocenters. The van der Waals surface area contributed by atoms with E-state index in [1.807, 2.05) is 42.3 Å². The Labute approximate surface area is 241 Å². The smallest absolute Gasteiger partial charge is 0.475 e. The maximum atomic E-state index is 12.4. The zero-order valence-corrected chi connectivity index (χ0v) is 23.0. The lowest BCUT2D eigenvalue weighted by atomic mass is 9.94. The normalized spacial score (nSPS) is 13.9. The van der Waals surface area contributed by atoms with Crippen molar-refractivity contribution < 1.29 is 46.1 Å². The predicted molar refractivity (Wildman–Crippen MR) is 141 cm³/mol. The zero-order chi connectivity index (χ0) is 32.4. The Hall–Kier alpha value is -4.25. The highest BCUT2D eigenvalue weighted by molar-refractivity contribution is 5.73. The highest BCUT2D eigenvalue weighted by Gasteiger charge is 2.38. The molecule has 0 aliphatic carbocycles. The van der Waals surface area contributed by atoms with E-state index in [2.05, 4.69) is 33.4 Å². The second-order valence-electron chi connectivity index (χ2n) is 9.50. The molecular weight excluding hydrogens is 590 g/mol. The van der Waals surface area contributed by atoms with Gasteiger partial charge in [0.25, 0.3) is 5.56 Å². The summed E-state index contributed by atoms with van der Waals surface area (Å²) in [7, 11) is 4.02. The molecule has 1 aliphatic heterocycles. The van der Waals surface area contributed by atoms with Crippen molar-refractivity contribution in [2.24, 2.45) is 7.05 Å². The number of nitrogens with zero attached hydrogens (tertiary/aromatic N) is 4. The Kier molecular flexibility index (Phi) is 12.4. The van der Waals surface area contributed by atoms with Crippen LogP contribution in [0.25, 0.3) is 11.4 Å². The molecule has 1 saturated heterocycles. The minimum absolute atomic E-state index is 0.0814. The number of aryl methyl sites for hydroxylation is 1. The predicted octanol–water partition coefficient (Wildman–Crippen LogP) is 3.54. The van der Waals surface area contributed by atoms with E-state index in [0.717, 1.165) is 55.8 Å². The fourth-order valence-corrected chi connectivity index (χ4v) is 4.03. The van der Waals surface area contributed by atoms with Crippen LogP contribution in [0.5, 0.6) is 0 Å². The molecule has 4 rings (SSSR count). The first-order chi connectivity index (χ1) is 20.0. The van der Waals surface area contributed by atoms with E-state index in [0.29, 0.717) is 11.7 Å². The topological polar surface area (TPSA) is 153 Å². The second kappa shape index (κ2) is 15.3. The summed E-state index contributed by atoms with van der Waals surface area (Å²) in [6, 6.07) is 9.84. The number of aromatic amines is 1. The van der Waals surface area contributed by atoms with E-state index in [4.69, 9.17) is 24.8 Å². The lowest BCUT2D eigenvalue weighted by Gasteiger charge is -2.22. The Morgan fingerprint density at radius 3 is 2.09 bits per heavy atom. The molecule has 0 amide bonds. The first kappa shape index (κ1) is 34.9. The molecule has 0 saturated carbocycles. The van der Waals surface area contributed by atoms with Crippen LogP contribution in [0.3, 0.4) is 0 Å². The van der Waals surface area contributed by atoms with Gasteiger partial charge in [-0.15, -0.1) is 0 Å². The highest BCUT2D eigenvalue weighted by Crippen LogP contribution is 2.26. The van der Waals surface area contributed by atoms with Crippen molar-refractivity contribution in [3.8, 4) is 11.4 Å². The molecule has 3 aromatic rings. The van der Waals surface area contributed by atoms with Crippen LogP contribution in [0.1, 0.15) is 35.6 Å². The lowest BCUT2D eigenvalue weighted by Crippen LogP contribution is -2.28. The van der Waals surface area contributed by atoms with Gasteiger partial charge >= 0.3 is 24.3 Å². The number of carboxylic acids is 2. The number of alkyl halides is 6. The van der Waals surface area contributed by atoms with Gasteiger partial charge in [0.1, 0.15) is 5.82 Å². The maximum Gasteiger partial charge on any atom is 0.490 e. The average molecular weight is 621 g/mol. The average Bonchev–Trinajstić information content (AvgIpc) is 3.32. The first-order valence-corrected chi connectivity index (χ1v) is 12.6. The Morgan fingerprint density at radius 2 is 1.58 bits per heavy atom. The Bertz CT molecular complexity index is 1390. The van der Waals surface area contributed by atoms with Crippen LogP contribution in [0.4, 0.5) is 26.3 Å². The van der Waals surface area contributed by atoms with E-state index < -0.39 is 24.3 Å². The van der Waals surface area contributed by atoms with Crippen LogP contribution < -0.4 is 10.9 Å². The number of aromatic nitrogens is 4. The van der Waals surface area contributed by atoms with Gasteiger partial charge in [-0.3, -0.25) is 14.4 Å². The molecule has 1 fully saturated rings. The summed E-state index contributed by atoms with van der Waals surface area (Å²) in [6.45, 7) is 3.52. The van der Waals surface area contributed by atoms with Crippen LogP contribution in [-0.2, 0) is 29.7 Å². The number of rotatable bonds is 6. The molecule has 4 N–H and O–H groups in total. The lowest BCUT2D eigenvalue weighted by molar-refractivity contribution is -0.193. The number of carbonyl (C=O) groups is 2. The number of piperidine rings is 1. The number of aliphatic carboxylic acids is 2. The monoisotopic (exact) mass is 620 g/mol. The molecule has 3 heterocycles. The molecule has 0 atom stereocenters. The molecule has 17 heteroatoms. The van der Waals surface area contributed by atoms with Crippen LogP contribution in [-0.4, -0.2) is 79.3 Å². The first-order valence-electron chi connectivity index (χ1n) is 12.6. The minimum atomic E-state index is -5.08. The van der Waals surface area contributed by atoms with Crippen molar-refractivity contribution in [1.29, 1.82) is 0 Å². The van der Waals surface area contributed by atoms with Crippen molar-refractivity contribution in [3.63, 3.8) is 0 Å². The summed E-state index contributed by atoms with van der Waals surface area (Å²) in [5.74, 6) is -4.51. The molecular formula is C26H30F6N6O5. The third kappa shape index (κ3) is 11.9. The minimum Gasteiger partial charge on any atom is -0.475 e. The van der Waals surface area contributed by atoms with E-state index in [9.17, 15) is 31.1 Å². The number of hydrogen-bond acceptors (Lipinski definition) is 7. The summed E-state index contributed by atoms with van der Waals surface area (Å²) >= 11 is 0. The van der Waals surface area contributed by atoms with Crippen LogP contribution in [0.2, 0.25) is 0 Å². The van der Waals surface area contributed by atoms with E-state index in [-0.39, 0.29) is 5.56 Å². The van der Waals surface area contributed by atoms with Gasteiger partial charge in [0.05, 0.1) is 11.9 Å². The van der Waals surface area contributed by atoms with Crippen molar-refractivity contribution in [1.82, 2.24) is 30.0 Å². The number of halogens is 6. The zero-order valence-electron chi connectivity index (χ0n) is 23.0. The maximum absolute atomic E-state index is 12.4. The van der Waals surface area contributed by atoms with E-state index >= 15 is 0 Å². The molecule has 0 bridgehead atoms. The second-order valence-corrected chi connectivity index (χ2v) is 9.50. The molecule has 1 aliphatic rings. The summed E-state index contributed by atoms with van der Waals surface area (Å²) in [5.41, 5.74) is 4.13. The van der Waals surface area contributed by atoms with Crippen molar-refractivity contribution in [3.05, 3.63) is 69.9 Å². The Balaban J connectivity index is 0.000000384. The molecule has 2 aromatic heterocycles. The molecule has 43 heavy (non-hydrogen) atoms. The molecule has 11 nitrogen and oxygen atoms in total. The number of hydrogen-bond donors (Lipinski definition) is 4. The van der Waals surface area contributed by atoms with Crippen LogP contribution >= 0.6 is 0 Å². The summed E-state index contributed by atoms with van der Waals surface area (Å²) in [5, 5.41) is 21.9.